The number of hydrogen-bond acceptors (Lipinski definition) is 2. The number of fused-ring (bicyclic) bond motifs is 1. The second-order valence-corrected chi connectivity index (χ2v) is 4.31. The summed E-state index contributed by atoms with van der Waals surface area (Å²) in [6.45, 7) is 0. The van der Waals surface area contributed by atoms with Crippen LogP contribution in [0.2, 0.25) is 0 Å². The molecule has 0 unspecified atom stereocenters. The SMILES string of the molecule is Brc1cc2ccc(-c3cccnc3)cn2n1. The van der Waals surface area contributed by atoms with E-state index in [0.717, 1.165) is 21.2 Å². The van der Waals surface area contributed by atoms with Gasteiger partial charge in [0, 0.05) is 29.7 Å². The van der Waals surface area contributed by atoms with Gasteiger partial charge >= 0.3 is 0 Å². The maximum atomic E-state index is 4.31. The van der Waals surface area contributed by atoms with E-state index >= 15 is 0 Å². The maximum absolute atomic E-state index is 4.31. The quantitative estimate of drug-likeness (QED) is 0.682. The van der Waals surface area contributed by atoms with Crippen molar-refractivity contribution in [1.82, 2.24) is 14.6 Å². The van der Waals surface area contributed by atoms with Gasteiger partial charge in [0.1, 0.15) is 4.60 Å². The van der Waals surface area contributed by atoms with E-state index < -0.39 is 0 Å². The van der Waals surface area contributed by atoms with Crippen molar-refractivity contribution in [3.05, 3.63) is 53.5 Å². The largest absolute Gasteiger partial charge is 0.264 e. The van der Waals surface area contributed by atoms with Gasteiger partial charge in [0.15, 0.2) is 0 Å². The molecule has 3 aromatic heterocycles. The van der Waals surface area contributed by atoms with Gasteiger partial charge in [0.25, 0.3) is 0 Å². The van der Waals surface area contributed by atoms with Crippen LogP contribution in [-0.4, -0.2) is 14.6 Å². The number of hydrogen-bond donors (Lipinski definition) is 0. The highest BCUT2D eigenvalue weighted by Crippen LogP contribution is 2.20. The highest BCUT2D eigenvalue weighted by atomic mass is 79.9. The highest BCUT2D eigenvalue weighted by Gasteiger charge is 2.01. The first-order valence-electron chi connectivity index (χ1n) is 4.88. The van der Waals surface area contributed by atoms with E-state index in [9.17, 15) is 0 Å². The van der Waals surface area contributed by atoms with Crippen molar-refractivity contribution in [3.63, 3.8) is 0 Å². The molecular weight excluding hydrogens is 266 g/mol. The molecule has 0 saturated heterocycles. The van der Waals surface area contributed by atoms with Crippen molar-refractivity contribution in [1.29, 1.82) is 0 Å². The van der Waals surface area contributed by atoms with E-state index in [-0.39, 0.29) is 0 Å². The summed E-state index contributed by atoms with van der Waals surface area (Å²) in [5.74, 6) is 0. The van der Waals surface area contributed by atoms with Crippen molar-refractivity contribution in [2.24, 2.45) is 0 Å². The lowest BCUT2D eigenvalue weighted by Crippen LogP contribution is -1.88. The van der Waals surface area contributed by atoms with E-state index in [1.165, 1.54) is 0 Å². The van der Waals surface area contributed by atoms with E-state index in [2.05, 4.69) is 32.1 Å². The van der Waals surface area contributed by atoms with Gasteiger partial charge in [-0.05, 0) is 34.1 Å². The fourth-order valence-electron chi connectivity index (χ4n) is 1.66. The predicted molar refractivity (Wildman–Crippen MR) is 66.1 cm³/mol. The Morgan fingerprint density at radius 2 is 2.06 bits per heavy atom. The fraction of sp³-hybridized carbons (Fsp3) is 0. The molecule has 0 aromatic carbocycles. The first kappa shape index (κ1) is 9.54. The Morgan fingerprint density at radius 3 is 2.88 bits per heavy atom. The van der Waals surface area contributed by atoms with Gasteiger partial charge in [0.2, 0.25) is 0 Å². The van der Waals surface area contributed by atoms with Crippen molar-refractivity contribution < 1.29 is 0 Å². The molecule has 0 saturated carbocycles. The van der Waals surface area contributed by atoms with Gasteiger partial charge in [-0.2, -0.15) is 5.10 Å². The molecule has 0 aliphatic heterocycles. The third kappa shape index (κ3) is 1.61. The first-order valence-corrected chi connectivity index (χ1v) is 5.67. The molecule has 0 spiro atoms. The van der Waals surface area contributed by atoms with Crippen molar-refractivity contribution >= 4 is 21.4 Å². The zero-order valence-corrected chi connectivity index (χ0v) is 9.92. The average molecular weight is 274 g/mol. The molecule has 0 fully saturated rings. The van der Waals surface area contributed by atoms with Crippen LogP contribution in [0.15, 0.2) is 53.5 Å². The minimum absolute atomic E-state index is 0.843. The van der Waals surface area contributed by atoms with Crippen LogP contribution in [0.4, 0.5) is 0 Å². The Bertz CT molecular complexity index is 631. The summed E-state index contributed by atoms with van der Waals surface area (Å²) in [6.07, 6.45) is 5.61. The summed E-state index contributed by atoms with van der Waals surface area (Å²) < 4.78 is 2.70. The Labute approximate surface area is 101 Å². The van der Waals surface area contributed by atoms with Gasteiger partial charge in [0.05, 0.1) is 5.52 Å². The van der Waals surface area contributed by atoms with Crippen molar-refractivity contribution in [2.45, 2.75) is 0 Å². The molecule has 4 heteroatoms. The van der Waals surface area contributed by atoms with E-state index in [4.69, 9.17) is 0 Å². The van der Waals surface area contributed by atoms with Gasteiger partial charge in [-0.15, -0.1) is 0 Å². The smallest absolute Gasteiger partial charge is 0.129 e. The Kier molecular flexibility index (Phi) is 2.22. The second-order valence-electron chi connectivity index (χ2n) is 3.50. The molecule has 0 amide bonds. The molecule has 0 atom stereocenters. The minimum atomic E-state index is 0.843. The lowest BCUT2D eigenvalue weighted by molar-refractivity contribution is 0.948. The first-order chi connectivity index (χ1) is 7.83. The van der Waals surface area contributed by atoms with Crippen LogP contribution < -0.4 is 0 Å². The molecule has 0 aliphatic rings. The lowest BCUT2D eigenvalue weighted by Gasteiger charge is -2.01. The monoisotopic (exact) mass is 273 g/mol. The molecule has 0 radical (unpaired) electrons. The lowest BCUT2D eigenvalue weighted by atomic mass is 10.1. The molecule has 0 bridgehead atoms. The van der Waals surface area contributed by atoms with E-state index in [0.29, 0.717) is 0 Å². The van der Waals surface area contributed by atoms with Gasteiger partial charge in [-0.25, -0.2) is 4.52 Å². The average Bonchev–Trinajstić information content (AvgIpc) is 2.69. The molecule has 0 aliphatic carbocycles. The molecule has 16 heavy (non-hydrogen) atoms. The number of aromatic nitrogens is 3. The fourth-order valence-corrected chi connectivity index (χ4v) is 2.07. The summed E-state index contributed by atoms with van der Waals surface area (Å²) in [6, 6.07) is 10.1. The van der Waals surface area contributed by atoms with Crippen molar-refractivity contribution in [3.8, 4) is 11.1 Å². The highest BCUT2D eigenvalue weighted by molar-refractivity contribution is 9.10. The summed E-state index contributed by atoms with van der Waals surface area (Å²) in [5.41, 5.74) is 3.27. The van der Waals surface area contributed by atoms with Crippen LogP contribution in [0.25, 0.3) is 16.6 Å². The van der Waals surface area contributed by atoms with Gasteiger partial charge < -0.3 is 0 Å². The topological polar surface area (TPSA) is 30.2 Å². The number of halogens is 1. The maximum Gasteiger partial charge on any atom is 0.129 e. The van der Waals surface area contributed by atoms with Crippen LogP contribution in [0.1, 0.15) is 0 Å². The molecular formula is C12H8BrN3. The van der Waals surface area contributed by atoms with Crippen LogP contribution in [-0.2, 0) is 0 Å². The molecule has 0 N–H and O–H groups in total. The van der Waals surface area contributed by atoms with Crippen LogP contribution in [0.3, 0.4) is 0 Å². The van der Waals surface area contributed by atoms with Crippen LogP contribution >= 0.6 is 15.9 Å². The normalized spacial score (nSPS) is 10.8. The molecule has 3 nitrogen and oxygen atoms in total. The Morgan fingerprint density at radius 1 is 1.12 bits per heavy atom. The number of nitrogens with zero attached hydrogens (tertiary/aromatic N) is 3. The van der Waals surface area contributed by atoms with Crippen LogP contribution in [0, 0.1) is 0 Å². The Hall–Kier alpha value is -1.68. The standard InChI is InChI=1S/C12H8BrN3/c13-12-6-11-4-3-10(8-16(11)15-12)9-2-1-5-14-7-9/h1-8H. The number of pyridine rings is 2. The molecule has 3 rings (SSSR count). The second kappa shape index (κ2) is 3.72. The summed E-state index contributed by atoms with van der Waals surface area (Å²) in [5, 5.41) is 4.31. The molecule has 3 aromatic rings. The molecule has 3 heterocycles. The summed E-state index contributed by atoms with van der Waals surface area (Å²) in [7, 11) is 0. The third-order valence-corrected chi connectivity index (χ3v) is 2.81. The van der Waals surface area contributed by atoms with Gasteiger partial charge in [-0.1, -0.05) is 12.1 Å². The zero-order valence-electron chi connectivity index (χ0n) is 8.34. The Balaban J connectivity index is 2.18. The molecule has 78 valence electrons. The van der Waals surface area contributed by atoms with Crippen LogP contribution in [0.5, 0.6) is 0 Å². The van der Waals surface area contributed by atoms with E-state index in [1.54, 1.807) is 6.20 Å². The number of rotatable bonds is 1. The minimum Gasteiger partial charge on any atom is -0.264 e. The zero-order chi connectivity index (χ0) is 11.0. The van der Waals surface area contributed by atoms with E-state index in [1.807, 2.05) is 41.2 Å². The summed E-state index contributed by atoms with van der Waals surface area (Å²) in [4.78, 5) is 4.11. The predicted octanol–water partition coefficient (Wildman–Crippen LogP) is 3.16. The third-order valence-electron chi connectivity index (χ3n) is 2.42. The summed E-state index contributed by atoms with van der Waals surface area (Å²) >= 11 is 3.36. The van der Waals surface area contributed by atoms with Gasteiger partial charge in [-0.3, -0.25) is 4.98 Å². The van der Waals surface area contributed by atoms with Crippen molar-refractivity contribution in [2.75, 3.05) is 0 Å².